The number of piperidine rings is 1. The molecule has 2 radical (unpaired) electrons. The number of nitrogens with zero attached hydrogens (tertiary/aromatic N) is 4. The number of fused-ring (bicyclic) bond motifs is 2. The molecule has 1 saturated heterocycles. The minimum absolute atomic E-state index is 0.119. The van der Waals surface area contributed by atoms with Crippen molar-refractivity contribution in [1.82, 2.24) is 18.9 Å². The Morgan fingerprint density at radius 2 is 1.84 bits per heavy atom. The quantitative estimate of drug-likeness (QED) is 0.320. The fourth-order valence-corrected chi connectivity index (χ4v) is 7.13. The lowest BCUT2D eigenvalue weighted by Crippen LogP contribution is -2.41. The Bertz CT molecular complexity index is 1750. The molecular formula is C28H25BClN5O2S. The molecule has 7 nitrogen and oxygen atoms in total. The molecule has 1 atom stereocenters. The Morgan fingerprint density at radius 1 is 1.05 bits per heavy atom. The highest BCUT2D eigenvalue weighted by atomic mass is 35.5. The van der Waals surface area contributed by atoms with Crippen LogP contribution in [-0.2, 0) is 10.0 Å². The number of sulfonamides is 1. The topological polar surface area (TPSA) is 79.6 Å². The molecule has 1 fully saturated rings. The van der Waals surface area contributed by atoms with Gasteiger partial charge in [0.2, 0.25) is 10.0 Å². The van der Waals surface area contributed by atoms with E-state index in [9.17, 15) is 8.42 Å². The third-order valence-electron chi connectivity index (χ3n) is 7.07. The SMILES string of the molecule is [B]c1cnn2c(NCC3CCCN(S(=O)(=O)c4cccc5ccccc45)C3)cc(-c3ccccc3Cl)nc12. The van der Waals surface area contributed by atoms with Crippen LogP contribution in [0.15, 0.2) is 83.9 Å². The standard InChI is InChI=1S/C28H25BClN5O2S/c29-23-17-32-35-27(15-25(33-28(23)35)22-11-3-4-12-24(22)30)31-16-19-7-6-14-34(18-19)38(36,37)26-13-5-9-20-8-1-2-10-21(20)26/h1-5,8-13,15,17,19,31H,6-7,14,16,18H2. The minimum atomic E-state index is -3.64. The van der Waals surface area contributed by atoms with Crippen LogP contribution < -0.4 is 10.8 Å². The van der Waals surface area contributed by atoms with E-state index in [0.717, 1.165) is 35.0 Å². The number of aromatic nitrogens is 3. The lowest BCUT2D eigenvalue weighted by atomic mass is 9.99. The normalized spacial score (nSPS) is 16.7. The maximum atomic E-state index is 13.7. The summed E-state index contributed by atoms with van der Waals surface area (Å²) in [6.45, 7) is 1.52. The van der Waals surface area contributed by atoms with Crippen LogP contribution in [0.2, 0.25) is 5.02 Å². The molecule has 1 aliphatic rings. The molecule has 6 rings (SSSR count). The van der Waals surface area contributed by atoms with Gasteiger partial charge in [0, 0.05) is 47.9 Å². The predicted molar refractivity (Wildman–Crippen MR) is 153 cm³/mol. The van der Waals surface area contributed by atoms with Gasteiger partial charge in [-0.25, -0.2) is 13.4 Å². The van der Waals surface area contributed by atoms with Crippen LogP contribution in [0.5, 0.6) is 0 Å². The van der Waals surface area contributed by atoms with Crippen LogP contribution in [0.25, 0.3) is 27.7 Å². The fourth-order valence-electron chi connectivity index (χ4n) is 5.13. The van der Waals surface area contributed by atoms with Gasteiger partial charge in [-0.1, -0.05) is 66.2 Å². The zero-order valence-electron chi connectivity index (χ0n) is 20.6. The average Bonchev–Trinajstić information content (AvgIpc) is 3.32. The van der Waals surface area contributed by atoms with Crippen LogP contribution in [-0.4, -0.2) is 54.8 Å². The van der Waals surface area contributed by atoms with Crippen molar-refractivity contribution in [2.24, 2.45) is 5.92 Å². The van der Waals surface area contributed by atoms with Gasteiger partial charge in [-0.2, -0.15) is 13.9 Å². The zero-order chi connectivity index (χ0) is 26.3. The third kappa shape index (κ3) is 4.55. The van der Waals surface area contributed by atoms with Gasteiger partial charge >= 0.3 is 0 Å². The van der Waals surface area contributed by atoms with Gasteiger partial charge in [0.05, 0.1) is 10.6 Å². The van der Waals surface area contributed by atoms with E-state index in [1.54, 1.807) is 27.2 Å². The smallest absolute Gasteiger partial charge is 0.243 e. The molecule has 190 valence electrons. The lowest BCUT2D eigenvalue weighted by molar-refractivity contribution is 0.275. The van der Waals surface area contributed by atoms with Crippen molar-refractivity contribution in [2.45, 2.75) is 17.7 Å². The lowest BCUT2D eigenvalue weighted by Gasteiger charge is -2.32. The van der Waals surface area contributed by atoms with Gasteiger partial charge < -0.3 is 5.32 Å². The Labute approximate surface area is 227 Å². The van der Waals surface area contributed by atoms with Gasteiger partial charge in [0.15, 0.2) is 5.65 Å². The molecule has 0 aliphatic carbocycles. The summed E-state index contributed by atoms with van der Waals surface area (Å²) < 4.78 is 30.7. The van der Waals surface area contributed by atoms with Gasteiger partial charge in [-0.3, -0.25) is 0 Å². The van der Waals surface area contributed by atoms with Gasteiger partial charge in [0.25, 0.3) is 0 Å². The van der Waals surface area contributed by atoms with Crippen molar-refractivity contribution in [3.05, 3.63) is 84.0 Å². The van der Waals surface area contributed by atoms with Gasteiger partial charge in [0.1, 0.15) is 13.7 Å². The van der Waals surface area contributed by atoms with Crippen molar-refractivity contribution in [3.8, 4) is 11.3 Å². The number of nitrogens with one attached hydrogen (secondary N) is 1. The summed E-state index contributed by atoms with van der Waals surface area (Å²) in [7, 11) is 2.51. The highest BCUT2D eigenvalue weighted by Gasteiger charge is 2.31. The van der Waals surface area contributed by atoms with E-state index >= 15 is 0 Å². The number of halogens is 1. The maximum absolute atomic E-state index is 13.7. The van der Waals surface area contributed by atoms with Crippen LogP contribution in [0.4, 0.5) is 5.82 Å². The number of anilines is 1. The van der Waals surface area contributed by atoms with E-state index in [1.165, 1.54) is 0 Å². The number of benzene rings is 3. The molecule has 0 spiro atoms. The molecule has 3 heterocycles. The fraction of sp³-hybridized carbons (Fsp3) is 0.214. The first-order valence-corrected chi connectivity index (χ1v) is 14.3. The first kappa shape index (κ1) is 24.9. The summed E-state index contributed by atoms with van der Waals surface area (Å²) in [4.78, 5) is 5.05. The Morgan fingerprint density at radius 3 is 2.71 bits per heavy atom. The summed E-state index contributed by atoms with van der Waals surface area (Å²) in [5.74, 6) is 0.837. The van der Waals surface area contributed by atoms with Crippen molar-refractivity contribution >= 4 is 57.2 Å². The summed E-state index contributed by atoms with van der Waals surface area (Å²) >= 11 is 6.44. The highest BCUT2D eigenvalue weighted by molar-refractivity contribution is 7.89. The van der Waals surface area contributed by atoms with Crippen molar-refractivity contribution in [1.29, 1.82) is 0 Å². The minimum Gasteiger partial charge on any atom is -0.370 e. The molecular weight excluding hydrogens is 517 g/mol. The number of hydrogen-bond donors (Lipinski definition) is 1. The molecule has 1 unspecified atom stereocenters. The molecule has 2 aromatic heterocycles. The summed E-state index contributed by atoms with van der Waals surface area (Å²) in [5, 5.41) is 10.1. The van der Waals surface area contributed by atoms with E-state index in [4.69, 9.17) is 19.4 Å². The summed E-state index contributed by atoms with van der Waals surface area (Å²) in [5.41, 5.74) is 2.48. The molecule has 0 bridgehead atoms. The molecule has 1 aliphatic heterocycles. The second-order valence-electron chi connectivity index (χ2n) is 9.57. The number of hydrogen-bond acceptors (Lipinski definition) is 5. The molecule has 38 heavy (non-hydrogen) atoms. The van der Waals surface area contributed by atoms with E-state index in [1.807, 2.05) is 60.7 Å². The predicted octanol–water partition coefficient (Wildman–Crippen LogP) is 4.51. The van der Waals surface area contributed by atoms with E-state index in [-0.39, 0.29) is 5.92 Å². The van der Waals surface area contributed by atoms with Gasteiger partial charge in [-0.05, 0) is 41.7 Å². The van der Waals surface area contributed by atoms with Crippen LogP contribution >= 0.6 is 11.6 Å². The first-order valence-electron chi connectivity index (χ1n) is 12.5. The second kappa shape index (κ2) is 10.1. The van der Waals surface area contributed by atoms with Crippen molar-refractivity contribution in [3.63, 3.8) is 0 Å². The molecule has 0 amide bonds. The molecule has 5 aromatic rings. The van der Waals surface area contributed by atoms with Crippen LogP contribution in [0.3, 0.4) is 0 Å². The molecule has 3 aromatic carbocycles. The zero-order valence-corrected chi connectivity index (χ0v) is 22.2. The average molecular weight is 542 g/mol. The molecule has 10 heteroatoms. The first-order chi connectivity index (χ1) is 18.4. The van der Waals surface area contributed by atoms with Crippen LogP contribution in [0.1, 0.15) is 12.8 Å². The van der Waals surface area contributed by atoms with E-state index in [0.29, 0.717) is 46.4 Å². The second-order valence-corrected chi connectivity index (χ2v) is 11.9. The highest BCUT2D eigenvalue weighted by Crippen LogP contribution is 2.31. The van der Waals surface area contributed by atoms with E-state index < -0.39 is 10.0 Å². The Kier molecular flexibility index (Phi) is 6.59. The van der Waals surface area contributed by atoms with Crippen molar-refractivity contribution < 1.29 is 8.42 Å². The maximum Gasteiger partial charge on any atom is 0.243 e. The third-order valence-corrected chi connectivity index (χ3v) is 9.32. The van der Waals surface area contributed by atoms with E-state index in [2.05, 4.69) is 15.4 Å². The summed E-state index contributed by atoms with van der Waals surface area (Å²) in [6, 6.07) is 22.4. The summed E-state index contributed by atoms with van der Waals surface area (Å²) in [6.07, 6.45) is 3.28. The molecule has 0 saturated carbocycles. The number of rotatable bonds is 6. The largest absolute Gasteiger partial charge is 0.370 e. The van der Waals surface area contributed by atoms with Crippen molar-refractivity contribution in [2.75, 3.05) is 25.0 Å². The Balaban J connectivity index is 1.25. The monoisotopic (exact) mass is 541 g/mol. The van der Waals surface area contributed by atoms with Gasteiger partial charge in [-0.15, -0.1) is 0 Å². The Hall–Kier alpha value is -3.40. The van der Waals surface area contributed by atoms with Crippen LogP contribution in [0, 0.1) is 5.92 Å². The molecule has 1 N–H and O–H groups in total.